The van der Waals surface area contributed by atoms with E-state index in [1.165, 1.54) is 0 Å². The zero-order valence-corrected chi connectivity index (χ0v) is 13.8. The van der Waals surface area contributed by atoms with Gasteiger partial charge in [-0.15, -0.1) is 5.10 Å². The minimum Gasteiger partial charge on any atom is -0.497 e. The number of aromatic nitrogens is 2. The lowest BCUT2D eigenvalue weighted by Gasteiger charge is -2.18. The van der Waals surface area contributed by atoms with E-state index in [0.717, 1.165) is 35.0 Å². The molecule has 1 atom stereocenters. The summed E-state index contributed by atoms with van der Waals surface area (Å²) in [5, 5.41) is 7.17. The molecule has 23 heavy (non-hydrogen) atoms. The maximum absolute atomic E-state index is 12.3. The molecule has 3 rings (SSSR count). The van der Waals surface area contributed by atoms with E-state index in [2.05, 4.69) is 14.9 Å². The number of urea groups is 1. The molecule has 1 unspecified atom stereocenters. The van der Waals surface area contributed by atoms with Gasteiger partial charge in [0.1, 0.15) is 16.5 Å². The molecule has 2 amide bonds. The molecule has 0 radical (unpaired) electrons. The molecule has 1 aliphatic heterocycles. The summed E-state index contributed by atoms with van der Waals surface area (Å²) in [5.74, 6) is 1.84. The Labute approximate surface area is 138 Å². The molecule has 0 spiro atoms. The van der Waals surface area contributed by atoms with Crippen LogP contribution in [0.5, 0.6) is 11.5 Å². The highest BCUT2D eigenvalue weighted by Crippen LogP contribution is 2.36. The molecule has 0 aliphatic carbocycles. The van der Waals surface area contributed by atoms with Crippen LogP contribution in [0.4, 0.5) is 9.80 Å². The van der Waals surface area contributed by atoms with Crippen LogP contribution in [0.2, 0.25) is 0 Å². The number of amides is 2. The number of nitrogens with zero attached hydrogens (tertiary/aromatic N) is 3. The highest BCUT2D eigenvalue weighted by molar-refractivity contribution is 7.10. The van der Waals surface area contributed by atoms with Gasteiger partial charge >= 0.3 is 6.03 Å². The van der Waals surface area contributed by atoms with Crippen molar-refractivity contribution >= 4 is 22.6 Å². The molecule has 0 bridgehead atoms. The van der Waals surface area contributed by atoms with Gasteiger partial charge in [-0.3, -0.25) is 5.32 Å². The molecule has 1 aliphatic rings. The van der Waals surface area contributed by atoms with Crippen molar-refractivity contribution in [2.75, 3.05) is 32.6 Å². The first kappa shape index (κ1) is 15.5. The van der Waals surface area contributed by atoms with Crippen molar-refractivity contribution in [2.24, 2.45) is 0 Å². The lowest BCUT2D eigenvalue weighted by Crippen LogP contribution is -2.32. The van der Waals surface area contributed by atoms with Crippen LogP contribution >= 0.6 is 11.5 Å². The Bertz CT molecular complexity index is 677. The number of hydrogen-bond acceptors (Lipinski definition) is 6. The minimum absolute atomic E-state index is 0.125. The van der Waals surface area contributed by atoms with Crippen LogP contribution in [-0.2, 0) is 0 Å². The monoisotopic (exact) mass is 334 g/mol. The smallest absolute Gasteiger partial charge is 0.322 e. The second-order valence-electron chi connectivity index (χ2n) is 5.25. The normalized spacial score (nSPS) is 17.1. The van der Waals surface area contributed by atoms with E-state index in [9.17, 15) is 4.79 Å². The maximum Gasteiger partial charge on any atom is 0.322 e. The molecule has 2 heterocycles. The first-order chi connectivity index (χ1) is 11.2. The summed E-state index contributed by atoms with van der Waals surface area (Å²) in [7, 11) is 3.30. The van der Waals surface area contributed by atoms with Crippen molar-refractivity contribution in [2.45, 2.75) is 12.3 Å². The van der Waals surface area contributed by atoms with Gasteiger partial charge in [-0.05, 0) is 24.6 Å². The molecule has 1 saturated heterocycles. The Kier molecular flexibility index (Phi) is 4.61. The molecular weight excluding hydrogens is 316 g/mol. The zero-order valence-electron chi connectivity index (χ0n) is 13.0. The summed E-state index contributed by atoms with van der Waals surface area (Å²) in [6.45, 7) is 1.34. The lowest BCUT2D eigenvalue weighted by molar-refractivity contribution is 0.222. The van der Waals surface area contributed by atoms with E-state index in [1.54, 1.807) is 25.3 Å². The SMILES string of the molecule is COc1ccc(OC)c(C2CCN(C(=O)Nc3cnns3)C2)c1. The van der Waals surface area contributed by atoms with Crippen LogP contribution in [0.1, 0.15) is 17.9 Å². The largest absolute Gasteiger partial charge is 0.497 e. The van der Waals surface area contributed by atoms with Crippen LogP contribution in [0.15, 0.2) is 24.4 Å². The number of benzene rings is 1. The van der Waals surface area contributed by atoms with Gasteiger partial charge in [-0.2, -0.15) is 0 Å². The fourth-order valence-electron chi connectivity index (χ4n) is 2.76. The van der Waals surface area contributed by atoms with E-state index in [0.29, 0.717) is 18.1 Å². The van der Waals surface area contributed by atoms with Gasteiger partial charge in [0.05, 0.1) is 20.4 Å². The molecule has 1 N–H and O–H groups in total. The number of ether oxygens (including phenoxy) is 2. The quantitative estimate of drug-likeness (QED) is 0.930. The van der Waals surface area contributed by atoms with Gasteiger partial charge in [0.2, 0.25) is 0 Å². The third kappa shape index (κ3) is 3.37. The van der Waals surface area contributed by atoms with Crippen LogP contribution in [0, 0.1) is 0 Å². The maximum atomic E-state index is 12.3. The Morgan fingerprint density at radius 2 is 2.26 bits per heavy atom. The fourth-order valence-corrected chi connectivity index (χ4v) is 3.17. The van der Waals surface area contributed by atoms with Gasteiger partial charge in [-0.1, -0.05) is 4.49 Å². The molecular formula is C15H18N4O3S. The molecule has 1 fully saturated rings. The first-order valence-corrected chi connectivity index (χ1v) is 8.04. The molecule has 1 aromatic carbocycles. The summed E-state index contributed by atoms with van der Waals surface area (Å²) >= 11 is 1.16. The van der Waals surface area contributed by atoms with Crippen molar-refractivity contribution in [3.05, 3.63) is 30.0 Å². The lowest BCUT2D eigenvalue weighted by atomic mass is 9.97. The highest BCUT2D eigenvalue weighted by Gasteiger charge is 2.29. The second kappa shape index (κ2) is 6.82. The van der Waals surface area contributed by atoms with Gasteiger partial charge in [0.15, 0.2) is 0 Å². The van der Waals surface area contributed by atoms with Gasteiger partial charge in [0, 0.05) is 36.1 Å². The van der Waals surface area contributed by atoms with Crippen molar-refractivity contribution in [3.8, 4) is 11.5 Å². The number of methoxy groups -OCH3 is 2. The van der Waals surface area contributed by atoms with E-state index >= 15 is 0 Å². The second-order valence-corrected chi connectivity index (χ2v) is 6.04. The Morgan fingerprint density at radius 3 is 2.96 bits per heavy atom. The van der Waals surface area contributed by atoms with Crippen molar-refractivity contribution < 1.29 is 14.3 Å². The van der Waals surface area contributed by atoms with E-state index < -0.39 is 0 Å². The highest BCUT2D eigenvalue weighted by atomic mass is 32.1. The van der Waals surface area contributed by atoms with Gasteiger partial charge in [0.25, 0.3) is 0 Å². The summed E-state index contributed by atoms with van der Waals surface area (Å²) in [5.41, 5.74) is 1.07. The molecule has 8 heteroatoms. The fraction of sp³-hybridized carbons (Fsp3) is 0.400. The third-order valence-electron chi connectivity index (χ3n) is 3.94. The Balaban J connectivity index is 1.71. The van der Waals surface area contributed by atoms with Crippen molar-refractivity contribution in [1.82, 2.24) is 14.5 Å². The number of rotatable bonds is 4. The van der Waals surface area contributed by atoms with Gasteiger partial charge < -0.3 is 14.4 Å². The topological polar surface area (TPSA) is 76.6 Å². The summed E-state index contributed by atoms with van der Waals surface area (Å²) in [4.78, 5) is 14.1. The molecule has 1 aromatic heterocycles. The summed E-state index contributed by atoms with van der Waals surface area (Å²) in [6.07, 6.45) is 2.43. The number of carbonyl (C=O) groups is 1. The summed E-state index contributed by atoms with van der Waals surface area (Å²) in [6, 6.07) is 5.64. The van der Waals surface area contributed by atoms with E-state index in [1.807, 2.05) is 18.2 Å². The molecule has 2 aromatic rings. The minimum atomic E-state index is -0.125. The first-order valence-electron chi connectivity index (χ1n) is 7.26. The van der Waals surface area contributed by atoms with Crippen LogP contribution < -0.4 is 14.8 Å². The van der Waals surface area contributed by atoms with Gasteiger partial charge in [-0.25, -0.2) is 4.79 Å². The van der Waals surface area contributed by atoms with E-state index in [4.69, 9.17) is 9.47 Å². The number of nitrogens with one attached hydrogen (secondary N) is 1. The van der Waals surface area contributed by atoms with Crippen LogP contribution in [-0.4, -0.2) is 47.8 Å². The number of carbonyl (C=O) groups excluding carboxylic acids is 1. The average molecular weight is 334 g/mol. The standard InChI is InChI=1S/C15H18N4O3S/c1-21-11-3-4-13(22-2)12(7-11)10-5-6-19(9-10)15(20)17-14-8-16-18-23-14/h3-4,7-8,10H,5-6,9H2,1-2H3,(H,17,20). The summed E-state index contributed by atoms with van der Waals surface area (Å²) < 4.78 is 14.5. The Hall–Kier alpha value is -2.35. The third-order valence-corrected chi connectivity index (χ3v) is 4.52. The molecule has 0 saturated carbocycles. The van der Waals surface area contributed by atoms with Crippen molar-refractivity contribution in [3.63, 3.8) is 0 Å². The predicted molar refractivity (Wildman–Crippen MR) is 87.4 cm³/mol. The Morgan fingerprint density at radius 1 is 1.39 bits per heavy atom. The molecule has 122 valence electrons. The van der Waals surface area contributed by atoms with Crippen LogP contribution in [0.3, 0.4) is 0 Å². The van der Waals surface area contributed by atoms with Crippen molar-refractivity contribution in [1.29, 1.82) is 0 Å². The molecule has 7 nitrogen and oxygen atoms in total. The van der Waals surface area contributed by atoms with Crippen LogP contribution in [0.25, 0.3) is 0 Å². The predicted octanol–water partition coefficient (Wildman–Crippen LogP) is 2.58. The average Bonchev–Trinajstić information content (AvgIpc) is 3.25. The number of hydrogen-bond donors (Lipinski definition) is 1. The number of likely N-dealkylation sites (tertiary alicyclic amines) is 1. The van der Waals surface area contributed by atoms with E-state index in [-0.39, 0.29) is 11.9 Å². The zero-order chi connectivity index (χ0) is 16.2. The number of anilines is 1.